The molecule has 0 spiro atoms. The summed E-state index contributed by atoms with van der Waals surface area (Å²) in [6.45, 7) is 4.43. The maximum absolute atomic E-state index is 14.0. The molecule has 1 aliphatic rings. The molecular formula is C16H23ClFNO. The van der Waals surface area contributed by atoms with Crippen molar-refractivity contribution in [3.63, 3.8) is 0 Å². The lowest BCUT2D eigenvalue weighted by molar-refractivity contribution is -0.0887. The van der Waals surface area contributed by atoms with Gasteiger partial charge in [0.15, 0.2) is 0 Å². The number of nitrogens with two attached hydrogens (primary N) is 1. The van der Waals surface area contributed by atoms with Crippen LogP contribution >= 0.6 is 11.6 Å². The summed E-state index contributed by atoms with van der Waals surface area (Å²) in [7, 11) is 0. The highest BCUT2D eigenvalue weighted by Crippen LogP contribution is 2.48. The monoisotopic (exact) mass is 299 g/mol. The Labute approximate surface area is 125 Å². The lowest BCUT2D eigenvalue weighted by Crippen LogP contribution is -2.53. The molecule has 2 rings (SSSR count). The number of hydrogen-bond donors (Lipinski definition) is 2. The topological polar surface area (TPSA) is 46.2 Å². The second kappa shape index (κ2) is 5.63. The number of aliphatic hydroxyl groups is 1. The van der Waals surface area contributed by atoms with Crippen molar-refractivity contribution in [2.75, 3.05) is 6.54 Å². The van der Waals surface area contributed by atoms with Gasteiger partial charge >= 0.3 is 0 Å². The molecule has 1 aliphatic carbocycles. The van der Waals surface area contributed by atoms with Crippen LogP contribution in [0.2, 0.25) is 5.02 Å². The maximum atomic E-state index is 14.0. The van der Waals surface area contributed by atoms with E-state index in [4.69, 9.17) is 17.3 Å². The first-order valence-corrected chi connectivity index (χ1v) is 7.51. The summed E-state index contributed by atoms with van der Waals surface area (Å²) in [4.78, 5) is 0. The van der Waals surface area contributed by atoms with Crippen molar-refractivity contribution >= 4 is 11.6 Å². The molecule has 20 heavy (non-hydrogen) atoms. The highest BCUT2D eigenvalue weighted by atomic mass is 35.5. The first-order chi connectivity index (χ1) is 9.32. The fraction of sp³-hybridized carbons (Fsp3) is 0.625. The summed E-state index contributed by atoms with van der Waals surface area (Å²) in [6, 6.07) is 4.69. The predicted molar refractivity (Wildman–Crippen MR) is 80.2 cm³/mol. The Morgan fingerprint density at radius 3 is 2.70 bits per heavy atom. The van der Waals surface area contributed by atoms with E-state index in [1.54, 1.807) is 12.1 Å². The Hall–Kier alpha value is -0.640. The Morgan fingerprint density at radius 1 is 1.40 bits per heavy atom. The van der Waals surface area contributed by atoms with Gasteiger partial charge in [0.25, 0.3) is 0 Å². The van der Waals surface area contributed by atoms with E-state index in [0.717, 1.165) is 19.3 Å². The van der Waals surface area contributed by atoms with Crippen LogP contribution in [0.15, 0.2) is 18.2 Å². The van der Waals surface area contributed by atoms with E-state index in [9.17, 15) is 9.50 Å². The molecule has 0 radical (unpaired) electrons. The number of benzene rings is 1. The number of aliphatic hydroxyl groups excluding tert-OH is 1. The van der Waals surface area contributed by atoms with E-state index in [1.165, 1.54) is 6.07 Å². The molecule has 2 atom stereocenters. The quantitative estimate of drug-likeness (QED) is 0.897. The van der Waals surface area contributed by atoms with Crippen molar-refractivity contribution in [1.29, 1.82) is 0 Å². The molecule has 0 amide bonds. The average Bonchev–Trinajstić information content (AvgIpc) is 2.39. The Bertz CT molecular complexity index is 471. The van der Waals surface area contributed by atoms with Crippen LogP contribution in [0, 0.1) is 16.6 Å². The minimum Gasteiger partial charge on any atom is -0.392 e. The predicted octanol–water partition coefficient (Wildman–Crippen LogP) is 3.54. The molecule has 0 aliphatic heterocycles. The third-order valence-electron chi connectivity index (χ3n) is 4.81. The van der Waals surface area contributed by atoms with Gasteiger partial charge in [-0.1, -0.05) is 37.9 Å². The number of halogens is 2. The Morgan fingerprint density at radius 2 is 2.10 bits per heavy atom. The van der Waals surface area contributed by atoms with Crippen LogP contribution in [0.1, 0.15) is 38.7 Å². The molecule has 3 N–H and O–H groups in total. The minimum atomic E-state index is -0.551. The van der Waals surface area contributed by atoms with Gasteiger partial charge in [0, 0.05) is 22.5 Å². The molecule has 112 valence electrons. The van der Waals surface area contributed by atoms with E-state index in [2.05, 4.69) is 0 Å². The number of hydrogen-bond acceptors (Lipinski definition) is 2. The Balaban J connectivity index is 2.37. The lowest BCUT2D eigenvalue weighted by atomic mass is 9.59. The van der Waals surface area contributed by atoms with E-state index < -0.39 is 11.5 Å². The SMILES string of the molecule is CC1(C)CCCC(CN)(Cc2c(F)cccc2Cl)C1O. The van der Waals surface area contributed by atoms with Crippen LogP contribution in [-0.4, -0.2) is 17.8 Å². The zero-order valence-corrected chi connectivity index (χ0v) is 12.9. The summed E-state index contributed by atoms with van der Waals surface area (Å²) >= 11 is 6.12. The highest BCUT2D eigenvalue weighted by Gasteiger charge is 2.48. The molecule has 1 saturated carbocycles. The molecule has 0 saturated heterocycles. The summed E-state index contributed by atoms with van der Waals surface area (Å²) in [5.74, 6) is -0.319. The minimum absolute atomic E-state index is 0.199. The summed E-state index contributed by atoms with van der Waals surface area (Å²) in [5, 5.41) is 11.2. The van der Waals surface area contributed by atoms with Gasteiger partial charge in [-0.15, -0.1) is 0 Å². The van der Waals surface area contributed by atoms with E-state index in [1.807, 2.05) is 13.8 Å². The molecule has 2 nitrogen and oxygen atoms in total. The van der Waals surface area contributed by atoms with E-state index in [-0.39, 0.29) is 11.2 Å². The molecule has 4 heteroatoms. The summed E-state index contributed by atoms with van der Waals surface area (Å²) in [6.07, 6.45) is 2.59. The molecule has 1 fully saturated rings. The Kier molecular flexibility index (Phi) is 4.43. The van der Waals surface area contributed by atoms with Crippen LogP contribution in [-0.2, 0) is 6.42 Å². The van der Waals surface area contributed by atoms with Crippen molar-refractivity contribution < 1.29 is 9.50 Å². The van der Waals surface area contributed by atoms with Crippen LogP contribution in [0.5, 0.6) is 0 Å². The van der Waals surface area contributed by atoms with Gasteiger partial charge in [0.2, 0.25) is 0 Å². The van der Waals surface area contributed by atoms with Crippen molar-refractivity contribution in [3.05, 3.63) is 34.6 Å². The zero-order valence-electron chi connectivity index (χ0n) is 12.1. The first kappa shape index (κ1) is 15.7. The van der Waals surface area contributed by atoms with Gasteiger partial charge in [0.05, 0.1) is 6.10 Å². The van der Waals surface area contributed by atoms with Crippen LogP contribution < -0.4 is 5.73 Å². The largest absolute Gasteiger partial charge is 0.392 e. The normalized spacial score (nSPS) is 29.4. The van der Waals surface area contributed by atoms with Gasteiger partial charge in [-0.2, -0.15) is 0 Å². The fourth-order valence-electron chi connectivity index (χ4n) is 3.52. The van der Waals surface area contributed by atoms with Gasteiger partial charge in [-0.05, 0) is 36.8 Å². The highest BCUT2D eigenvalue weighted by molar-refractivity contribution is 6.31. The standard InChI is InChI=1S/C16H23ClFNO/c1-15(2)7-4-8-16(10-19,14(15)20)9-11-12(17)5-3-6-13(11)18/h3,5-6,14,20H,4,7-10,19H2,1-2H3. The molecule has 2 unspecified atom stereocenters. The third kappa shape index (κ3) is 2.72. The fourth-order valence-corrected chi connectivity index (χ4v) is 3.75. The van der Waals surface area contributed by atoms with Gasteiger partial charge < -0.3 is 10.8 Å². The first-order valence-electron chi connectivity index (χ1n) is 7.13. The van der Waals surface area contributed by atoms with Gasteiger partial charge in [-0.3, -0.25) is 0 Å². The molecule has 1 aromatic rings. The molecule has 0 heterocycles. The summed E-state index contributed by atoms with van der Waals surface area (Å²) < 4.78 is 14.0. The van der Waals surface area contributed by atoms with Gasteiger partial charge in [0.1, 0.15) is 5.82 Å². The van der Waals surface area contributed by atoms with Crippen LogP contribution in [0.25, 0.3) is 0 Å². The van der Waals surface area contributed by atoms with E-state index in [0.29, 0.717) is 23.6 Å². The van der Waals surface area contributed by atoms with E-state index >= 15 is 0 Å². The molecular weight excluding hydrogens is 277 g/mol. The van der Waals surface area contributed by atoms with Crippen molar-refractivity contribution in [2.24, 2.45) is 16.6 Å². The number of rotatable bonds is 3. The maximum Gasteiger partial charge on any atom is 0.127 e. The van der Waals surface area contributed by atoms with Gasteiger partial charge in [-0.25, -0.2) is 4.39 Å². The second-order valence-corrected chi connectivity index (χ2v) is 7.10. The smallest absolute Gasteiger partial charge is 0.127 e. The second-order valence-electron chi connectivity index (χ2n) is 6.69. The van der Waals surface area contributed by atoms with Crippen molar-refractivity contribution in [2.45, 2.75) is 45.6 Å². The van der Waals surface area contributed by atoms with Crippen molar-refractivity contribution in [1.82, 2.24) is 0 Å². The molecule has 1 aromatic carbocycles. The lowest BCUT2D eigenvalue weighted by Gasteiger charge is -2.49. The molecule has 0 aromatic heterocycles. The average molecular weight is 300 g/mol. The van der Waals surface area contributed by atoms with Crippen molar-refractivity contribution in [3.8, 4) is 0 Å². The van der Waals surface area contributed by atoms with Crippen LogP contribution in [0.4, 0.5) is 4.39 Å². The zero-order chi connectivity index (χ0) is 15.0. The van der Waals surface area contributed by atoms with Crippen LogP contribution in [0.3, 0.4) is 0 Å². The third-order valence-corrected chi connectivity index (χ3v) is 5.17. The summed E-state index contributed by atoms with van der Waals surface area (Å²) in [5.41, 5.74) is 5.75. The molecule has 0 bridgehead atoms.